The number of nitrogens with one attached hydrogen (secondary N) is 1. The smallest absolute Gasteiger partial charge is 0.246 e. The summed E-state index contributed by atoms with van der Waals surface area (Å²) in [6.07, 6.45) is 7.89. The number of aryl methyl sites for hydroxylation is 1. The zero-order chi connectivity index (χ0) is 20.9. The molecule has 0 unspecified atom stereocenters. The molecule has 3 aromatic rings. The number of benzene rings is 1. The molecule has 1 saturated carbocycles. The van der Waals surface area contributed by atoms with E-state index in [1.165, 1.54) is 20.5 Å². The molecule has 1 spiro atoms. The van der Waals surface area contributed by atoms with E-state index in [0.29, 0.717) is 12.4 Å². The highest BCUT2D eigenvalue weighted by Gasteiger charge is 2.51. The first-order valence-corrected chi connectivity index (χ1v) is 11.0. The first-order valence-electron chi connectivity index (χ1n) is 10.2. The fourth-order valence-electron chi connectivity index (χ4n) is 4.38. The van der Waals surface area contributed by atoms with Crippen LogP contribution in [0.5, 0.6) is 0 Å². The van der Waals surface area contributed by atoms with Crippen LogP contribution in [-0.2, 0) is 21.5 Å². The topological polar surface area (TPSA) is 62.3 Å². The number of pyridine rings is 1. The molecule has 1 N–H and O–H groups in total. The van der Waals surface area contributed by atoms with Crippen LogP contribution in [0.3, 0.4) is 0 Å². The van der Waals surface area contributed by atoms with Gasteiger partial charge in [0, 0.05) is 34.5 Å². The Labute approximate surface area is 179 Å². The van der Waals surface area contributed by atoms with Gasteiger partial charge in [0.1, 0.15) is 5.82 Å². The van der Waals surface area contributed by atoms with Crippen LogP contribution in [0.1, 0.15) is 40.8 Å². The molecule has 1 aromatic carbocycles. The lowest BCUT2D eigenvalue weighted by molar-refractivity contribution is -0.125. The number of amides is 2. The van der Waals surface area contributed by atoms with Crippen molar-refractivity contribution < 1.29 is 9.59 Å². The molecule has 0 bridgehead atoms. The molecule has 3 heterocycles. The van der Waals surface area contributed by atoms with Gasteiger partial charge in [0.2, 0.25) is 11.8 Å². The van der Waals surface area contributed by atoms with E-state index in [1.807, 2.05) is 25.2 Å². The summed E-state index contributed by atoms with van der Waals surface area (Å²) in [5.41, 5.74) is 2.66. The van der Waals surface area contributed by atoms with Crippen molar-refractivity contribution in [2.45, 2.75) is 38.1 Å². The predicted octanol–water partition coefficient (Wildman–Crippen LogP) is 4.65. The first-order chi connectivity index (χ1) is 14.5. The highest BCUT2D eigenvalue weighted by Crippen LogP contribution is 2.50. The number of carbonyl (C=O) groups is 2. The Bertz CT molecular complexity index is 1210. The van der Waals surface area contributed by atoms with Crippen molar-refractivity contribution in [1.82, 2.24) is 9.88 Å². The van der Waals surface area contributed by atoms with E-state index in [-0.39, 0.29) is 11.8 Å². The van der Waals surface area contributed by atoms with Crippen molar-refractivity contribution in [1.29, 1.82) is 0 Å². The number of hydrogen-bond donors (Lipinski definition) is 1. The number of carbonyl (C=O) groups excluding carboxylic acids is 2. The van der Waals surface area contributed by atoms with Gasteiger partial charge in [-0.3, -0.25) is 9.59 Å². The second kappa shape index (κ2) is 7.06. The molecule has 1 aliphatic carbocycles. The van der Waals surface area contributed by atoms with Crippen LogP contribution in [0, 0.1) is 6.92 Å². The lowest BCUT2D eigenvalue weighted by Crippen LogP contribution is -2.40. The minimum atomic E-state index is -0.397. The molecule has 2 amide bonds. The average Bonchev–Trinajstić information content (AvgIpc) is 3.19. The van der Waals surface area contributed by atoms with Crippen molar-refractivity contribution in [3.05, 3.63) is 64.2 Å². The minimum Gasteiger partial charge on any atom is -0.337 e. The summed E-state index contributed by atoms with van der Waals surface area (Å²) in [7, 11) is 1.82. The van der Waals surface area contributed by atoms with E-state index in [2.05, 4.69) is 29.4 Å². The average molecular weight is 418 g/mol. The molecule has 152 valence electrons. The fraction of sp³-hybridized carbons (Fsp3) is 0.292. The number of nitrogens with zero attached hydrogens (tertiary/aromatic N) is 2. The Morgan fingerprint density at radius 2 is 2.13 bits per heavy atom. The molecule has 5 nitrogen and oxygen atoms in total. The summed E-state index contributed by atoms with van der Waals surface area (Å²) in [6, 6.07) is 10.3. The van der Waals surface area contributed by atoms with E-state index < -0.39 is 5.41 Å². The van der Waals surface area contributed by atoms with Gasteiger partial charge in [-0.25, -0.2) is 4.98 Å². The second-order valence-corrected chi connectivity index (χ2v) is 9.37. The van der Waals surface area contributed by atoms with E-state index in [1.54, 1.807) is 34.6 Å². The quantitative estimate of drug-likeness (QED) is 0.629. The Morgan fingerprint density at radius 1 is 1.33 bits per heavy atom. The summed E-state index contributed by atoms with van der Waals surface area (Å²) >= 11 is 1.74. The molecule has 30 heavy (non-hydrogen) atoms. The molecule has 0 atom stereocenters. The lowest BCUT2D eigenvalue weighted by atomic mass is 9.65. The second-order valence-electron chi connectivity index (χ2n) is 8.23. The molecule has 6 heteroatoms. The first kappa shape index (κ1) is 19.0. The fourth-order valence-corrected chi connectivity index (χ4v) is 5.64. The molecule has 2 aliphatic rings. The third kappa shape index (κ3) is 2.94. The number of thiophene rings is 1. The normalized spacial score (nSPS) is 16.7. The number of fused-ring (bicyclic) bond motifs is 3. The predicted molar refractivity (Wildman–Crippen MR) is 120 cm³/mol. The summed E-state index contributed by atoms with van der Waals surface area (Å²) in [6.45, 7) is 2.70. The van der Waals surface area contributed by atoms with Gasteiger partial charge in [0.15, 0.2) is 0 Å². The monoisotopic (exact) mass is 417 g/mol. The highest BCUT2D eigenvalue weighted by molar-refractivity contribution is 7.19. The summed E-state index contributed by atoms with van der Waals surface area (Å²) in [5.74, 6) is 0.673. The zero-order valence-corrected chi connectivity index (χ0v) is 17.9. The molecule has 2 aromatic heterocycles. The maximum atomic E-state index is 12.7. The lowest BCUT2D eigenvalue weighted by Gasteiger charge is -2.35. The Morgan fingerprint density at radius 3 is 2.87 bits per heavy atom. The molecule has 1 aliphatic heterocycles. The van der Waals surface area contributed by atoms with Gasteiger partial charge < -0.3 is 10.2 Å². The van der Waals surface area contributed by atoms with Gasteiger partial charge in [0.25, 0.3) is 0 Å². The number of aromatic nitrogens is 1. The van der Waals surface area contributed by atoms with Crippen molar-refractivity contribution >= 4 is 45.1 Å². The molecule has 5 rings (SSSR count). The van der Waals surface area contributed by atoms with E-state index in [0.717, 1.165) is 30.4 Å². The Kier molecular flexibility index (Phi) is 4.47. The zero-order valence-electron chi connectivity index (χ0n) is 17.1. The molecule has 1 fully saturated rings. The van der Waals surface area contributed by atoms with Crippen molar-refractivity contribution in [3.8, 4) is 0 Å². The van der Waals surface area contributed by atoms with E-state index in [4.69, 9.17) is 0 Å². The Balaban J connectivity index is 1.32. The standard InChI is InChI=1S/C24H23N3O2S/c1-15-17-6-3-4-7-19(17)30-20(15)14-27(2)21(28)9-8-16-12-18-22(25-13-16)26-23(29)24(18)10-5-11-24/h3-4,6-9,12-13H,5,10-11,14H2,1-2H3,(H,25,26,29)/b9-8+. The largest absolute Gasteiger partial charge is 0.337 e. The van der Waals surface area contributed by atoms with Crippen LogP contribution in [0.15, 0.2) is 42.6 Å². The number of hydrogen-bond acceptors (Lipinski definition) is 4. The van der Waals surface area contributed by atoms with Crippen molar-refractivity contribution in [2.75, 3.05) is 12.4 Å². The summed E-state index contributed by atoms with van der Waals surface area (Å²) in [4.78, 5) is 32.4. The minimum absolute atomic E-state index is 0.0556. The summed E-state index contributed by atoms with van der Waals surface area (Å²) in [5, 5.41) is 4.15. The van der Waals surface area contributed by atoms with Crippen molar-refractivity contribution in [3.63, 3.8) is 0 Å². The third-order valence-corrected chi connectivity index (χ3v) is 7.67. The molecular formula is C24H23N3O2S. The van der Waals surface area contributed by atoms with Gasteiger partial charge in [-0.1, -0.05) is 24.6 Å². The van der Waals surface area contributed by atoms with Crippen LogP contribution in [0.25, 0.3) is 16.2 Å². The SMILES string of the molecule is Cc1c(CN(C)C(=O)/C=C/c2cnc3c(c2)C2(CCC2)C(=O)N3)sc2ccccc12. The maximum Gasteiger partial charge on any atom is 0.246 e. The molecule has 0 saturated heterocycles. The maximum absolute atomic E-state index is 12.7. The van der Waals surface area contributed by atoms with Gasteiger partial charge >= 0.3 is 0 Å². The van der Waals surface area contributed by atoms with Crippen LogP contribution in [-0.4, -0.2) is 28.7 Å². The van der Waals surface area contributed by atoms with Gasteiger partial charge in [-0.15, -0.1) is 11.3 Å². The number of likely N-dealkylation sites (N-methyl/N-ethyl adjacent to an activating group) is 1. The third-order valence-electron chi connectivity index (χ3n) is 6.42. The van der Waals surface area contributed by atoms with Crippen LogP contribution < -0.4 is 5.32 Å². The van der Waals surface area contributed by atoms with Gasteiger partial charge in [-0.05, 0) is 54.5 Å². The van der Waals surface area contributed by atoms with E-state index >= 15 is 0 Å². The van der Waals surface area contributed by atoms with Gasteiger partial charge in [-0.2, -0.15) is 0 Å². The molecular weight excluding hydrogens is 394 g/mol. The van der Waals surface area contributed by atoms with E-state index in [9.17, 15) is 9.59 Å². The number of anilines is 1. The van der Waals surface area contributed by atoms with Crippen LogP contribution >= 0.6 is 11.3 Å². The Hall–Kier alpha value is -2.99. The van der Waals surface area contributed by atoms with Crippen LogP contribution in [0.4, 0.5) is 5.82 Å². The number of rotatable bonds is 4. The van der Waals surface area contributed by atoms with Gasteiger partial charge in [0.05, 0.1) is 12.0 Å². The molecule has 0 radical (unpaired) electrons. The van der Waals surface area contributed by atoms with Crippen LogP contribution in [0.2, 0.25) is 0 Å². The van der Waals surface area contributed by atoms with Crippen molar-refractivity contribution in [2.24, 2.45) is 0 Å². The summed E-state index contributed by atoms with van der Waals surface area (Å²) < 4.78 is 1.25. The highest BCUT2D eigenvalue weighted by atomic mass is 32.1.